The lowest BCUT2D eigenvalue weighted by molar-refractivity contribution is -0.167. The van der Waals surface area contributed by atoms with Crippen molar-refractivity contribution in [1.29, 1.82) is 0 Å². The van der Waals surface area contributed by atoms with Gasteiger partial charge in [0.15, 0.2) is 6.10 Å². The van der Waals surface area contributed by atoms with Crippen LogP contribution in [0.5, 0.6) is 0 Å². The maximum Gasteiger partial charge on any atom is 0.306 e. The van der Waals surface area contributed by atoms with Gasteiger partial charge >= 0.3 is 17.9 Å². The van der Waals surface area contributed by atoms with Gasteiger partial charge in [0.05, 0.1) is 0 Å². The van der Waals surface area contributed by atoms with Crippen LogP contribution in [0.1, 0.15) is 194 Å². The average molecular weight is 701 g/mol. The molecule has 0 aliphatic rings. The van der Waals surface area contributed by atoms with Crippen molar-refractivity contribution in [3.8, 4) is 0 Å². The molecule has 0 saturated carbocycles. The minimum absolute atomic E-state index is 0.0919. The fourth-order valence-electron chi connectivity index (χ4n) is 5.32. The summed E-state index contributed by atoms with van der Waals surface area (Å²) in [7, 11) is 0. The van der Waals surface area contributed by atoms with Crippen molar-refractivity contribution >= 4 is 17.9 Å². The van der Waals surface area contributed by atoms with Crippen LogP contribution in [-0.2, 0) is 28.6 Å². The van der Waals surface area contributed by atoms with E-state index in [1.165, 1.54) is 51.4 Å². The number of allylic oxidation sites excluding steroid dienone is 8. The Labute approximate surface area is 307 Å². The van der Waals surface area contributed by atoms with E-state index in [0.29, 0.717) is 19.3 Å². The molecule has 0 heterocycles. The Kier molecular flexibility index (Phi) is 37.1. The first-order valence-corrected chi connectivity index (χ1v) is 20.7. The number of hydrogen-bond acceptors (Lipinski definition) is 6. The van der Waals surface area contributed by atoms with Crippen molar-refractivity contribution < 1.29 is 28.6 Å². The zero-order chi connectivity index (χ0) is 36.6. The minimum atomic E-state index is -0.787. The van der Waals surface area contributed by atoms with Crippen LogP contribution in [0.25, 0.3) is 0 Å². The second kappa shape index (κ2) is 39.2. The highest BCUT2D eigenvalue weighted by atomic mass is 16.6. The van der Waals surface area contributed by atoms with E-state index in [0.717, 1.165) is 103 Å². The molecule has 0 bridgehead atoms. The highest BCUT2D eigenvalue weighted by Crippen LogP contribution is 2.12. The molecule has 1 unspecified atom stereocenters. The smallest absolute Gasteiger partial charge is 0.306 e. The predicted octanol–water partition coefficient (Wildman–Crippen LogP) is 12.8. The Morgan fingerprint density at radius 3 is 1.16 bits per heavy atom. The van der Waals surface area contributed by atoms with Gasteiger partial charge in [0.2, 0.25) is 0 Å². The molecule has 0 aliphatic carbocycles. The molecule has 0 fully saturated rings. The Bertz CT molecular complexity index is 902. The molecule has 6 nitrogen and oxygen atoms in total. The van der Waals surface area contributed by atoms with Gasteiger partial charge in [0.25, 0.3) is 0 Å². The molecule has 0 radical (unpaired) electrons. The van der Waals surface area contributed by atoms with Gasteiger partial charge in [0, 0.05) is 19.3 Å². The standard InChI is InChI=1S/C44H76O6/c1-4-7-10-13-16-19-22-25-28-31-34-37-43(46)49-40-41(39-48-42(45)36-33-30-27-24-21-18-15-12-9-6-3)50-44(47)38-35-32-29-26-23-20-17-14-11-8-5-2/h13-19,22,41H,4-12,20-21,23-40H2,1-3H3/b16-13-,17-14-,18-15-,22-19-. The number of hydrogen-bond donors (Lipinski definition) is 0. The number of carbonyl (C=O) groups is 3. The normalized spacial score (nSPS) is 12.5. The lowest BCUT2D eigenvalue weighted by Gasteiger charge is -2.18. The van der Waals surface area contributed by atoms with E-state index in [1.807, 2.05) is 0 Å². The van der Waals surface area contributed by atoms with Gasteiger partial charge in [-0.15, -0.1) is 0 Å². The fraction of sp³-hybridized carbons (Fsp3) is 0.750. The quantitative estimate of drug-likeness (QED) is 0.0213. The van der Waals surface area contributed by atoms with Gasteiger partial charge in [-0.3, -0.25) is 14.4 Å². The lowest BCUT2D eigenvalue weighted by Crippen LogP contribution is -2.30. The predicted molar refractivity (Wildman–Crippen MR) is 210 cm³/mol. The molecule has 0 rings (SSSR count). The largest absolute Gasteiger partial charge is 0.462 e. The third-order valence-corrected chi connectivity index (χ3v) is 8.55. The van der Waals surface area contributed by atoms with Crippen LogP contribution in [0.4, 0.5) is 0 Å². The van der Waals surface area contributed by atoms with Crippen molar-refractivity contribution in [3.63, 3.8) is 0 Å². The van der Waals surface area contributed by atoms with E-state index in [1.54, 1.807) is 0 Å². The maximum atomic E-state index is 12.6. The molecular weight excluding hydrogens is 624 g/mol. The number of esters is 3. The number of unbranched alkanes of at least 4 members (excludes halogenated alkanes) is 18. The zero-order valence-corrected chi connectivity index (χ0v) is 32.7. The van der Waals surface area contributed by atoms with Crippen molar-refractivity contribution in [1.82, 2.24) is 0 Å². The molecule has 0 aromatic carbocycles. The summed E-state index contributed by atoms with van der Waals surface area (Å²) in [6, 6.07) is 0. The molecule has 0 aromatic rings. The summed E-state index contributed by atoms with van der Waals surface area (Å²) in [4.78, 5) is 37.5. The van der Waals surface area contributed by atoms with E-state index in [2.05, 4.69) is 69.4 Å². The van der Waals surface area contributed by atoms with Gasteiger partial charge in [-0.05, 0) is 77.0 Å². The van der Waals surface area contributed by atoms with Crippen molar-refractivity contribution in [2.24, 2.45) is 0 Å². The topological polar surface area (TPSA) is 78.9 Å². The Morgan fingerprint density at radius 2 is 0.720 bits per heavy atom. The summed E-state index contributed by atoms with van der Waals surface area (Å²) in [5.41, 5.74) is 0. The van der Waals surface area contributed by atoms with E-state index < -0.39 is 6.10 Å². The minimum Gasteiger partial charge on any atom is -0.462 e. The number of rotatable bonds is 36. The molecule has 0 aromatic heterocycles. The van der Waals surface area contributed by atoms with Gasteiger partial charge < -0.3 is 14.2 Å². The monoisotopic (exact) mass is 701 g/mol. The second-order valence-electron chi connectivity index (χ2n) is 13.6. The van der Waals surface area contributed by atoms with Crippen LogP contribution in [-0.4, -0.2) is 37.2 Å². The summed E-state index contributed by atoms with van der Waals surface area (Å²) in [6.45, 7) is 6.43. The third kappa shape index (κ3) is 36.6. The first kappa shape index (κ1) is 47.4. The van der Waals surface area contributed by atoms with Gasteiger partial charge in [0.1, 0.15) is 13.2 Å². The highest BCUT2D eigenvalue weighted by Gasteiger charge is 2.19. The summed E-state index contributed by atoms with van der Waals surface area (Å²) in [6.07, 6.45) is 43.8. The van der Waals surface area contributed by atoms with Gasteiger partial charge in [-0.2, -0.15) is 0 Å². The maximum absolute atomic E-state index is 12.6. The van der Waals surface area contributed by atoms with Gasteiger partial charge in [-0.25, -0.2) is 0 Å². The van der Waals surface area contributed by atoms with E-state index in [-0.39, 0.29) is 31.1 Å². The summed E-state index contributed by atoms with van der Waals surface area (Å²) in [5.74, 6) is -0.951. The van der Waals surface area contributed by atoms with Crippen LogP contribution in [0.3, 0.4) is 0 Å². The van der Waals surface area contributed by atoms with Crippen LogP contribution in [0.15, 0.2) is 48.6 Å². The highest BCUT2D eigenvalue weighted by molar-refractivity contribution is 5.71. The van der Waals surface area contributed by atoms with Crippen molar-refractivity contribution in [2.45, 2.75) is 200 Å². The molecule has 0 N–H and O–H groups in total. The first-order chi connectivity index (χ1) is 24.5. The molecule has 0 aliphatic heterocycles. The lowest BCUT2D eigenvalue weighted by atomic mass is 10.1. The number of ether oxygens (including phenoxy) is 3. The van der Waals surface area contributed by atoms with Crippen LogP contribution in [0.2, 0.25) is 0 Å². The molecule has 0 saturated heterocycles. The second-order valence-corrected chi connectivity index (χ2v) is 13.6. The van der Waals surface area contributed by atoms with E-state index in [9.17, 15) is 14.4 Å². The van der Waals surface area contributed by atoms with Crippen LogP contribution >= 0.6 is 0 Å². The van der Waals surface area contributed by atoms with Crippen LogP contribution in [0, 0.1) is 0 Å². The molecule has 50 heavy (non-hydrogen) atoms. The fourth-order valence-corrected chi connectivity index (χ4v) is 5.32. The molecule has 1 atom stereocenters. The number of carbonyl (C=O) groups excluding carboxylic acids is 3. The van der Waals surface area contributed by atoms with Crippen LogP contribution < -0.4 is 0 Å². The Morgan fingerprint density at radius 1 is 0.400 bits per heavy atom. The molecular formula is C44H76O6. The third-order valence-electron chi connectivity index (χ3n) is 8.55. The van der Waals surface area contributed by atoms with Gasteiger partial charge in [-0.1, -0.05) is 146 Å². The summed E-state index contributed by atoms with van der Waals surface area (Å²) in [5, 5.41) is 0. The Balaban J connectivity index is 4.45. The SMILES string of the molecule is CCCC/C=C\C=C/CCCCCC(=O)OCC(COC(=O)CCCCCC/C=C\CCCC)OC(=O)CCCCCCC/C=C\CCCC. The molecule has 0 spiro atoms. The molecule has 288 valence electrons. The molecule has 0 amide bonds. The Hall–Kier alpha value is -2.63. The first-order valence-electron chi connectivity index (χ1n) is 20.7. The van der Waals surface area contributed by atoms with Crippen molar-refractivity contribution in [2.75, 3.05) is 13.2 Å². The zero-order valence-electron chi connectivity index (χ0n) is 32.7. The van der Waals surface area contributed by atoms with E-state index >= 15 is 0 Å². The average Bonchev–Trinajstić information content (AvgIpc) is 3.11. The van der Waals surface area contributed by atoms with E-state index in [4.69, 9.17) is 14.2 Å². The summed E-state index contributed by atoms with van der Waals surface area (Å²) < 4.78 is 16.6. The van der Waals surface area contributed by atoms with Crippen molar-refractivity contribution in [3.05, 3.63) is 48.6 Å². The summed E-state index contributed by atoms with van der Waals surface area (Å²) >= 11 is 0. The molecule has 6 heteroatoms.